The van der Waals surface area contributed by atoms with E-state index in [0.717, 1.165) is 18.2 Å². The number of hydrogen-bond acceptors (Lipinski definition) is 15. The number of aromatic hydroxyl groups is 1. The molecular formula is C28H27N5O12S. The predicted octanol–water partition coefficient (Wildman–Crippen LogP) is 5.68. The number of hydrogen-bond donors (Lipinski definition) is 9. The van der Waals surface area contributed by atoms with Crippen LogP contribution < -0.4 is 15.2 Å². The first-order valence-electron chi connectivity index (χ1n) is 13.0. The molecule has 242 valence electrons. The third-order valence-corrected chi connectivity index (χ3v) is 7.01. The Balaban J connectivity index is 1.88. The van der Waals surface area contributed by atoms with Crippen molar-refractivity contribution in [1.82, 2.24) is 0 Å². The number of aliphatic hydroxyl groups excluding tert-OH is 2. The van der Waals surface area contributed by atoms with Gasteiger partial charge in [0.1, 0.15) is 58.3 Å². The molecule has 0 amide bonds. The Kier molecular flexibility index (Phi) is 10.3. The molecule has 0 bridgehead atoms. The summed E-state index contributed by atoms with van der Waals surface area (Å²) in [5.41, 5.74) is 4.44. The van der Waals surface area contributed by atoms with Gasteiger partial charge in [-0.2, -0.15) is 0 Å². The molecule has 4 aromatic carbocycles. The SMILES string of the molecule is Nc1ccc2cc(S(O)(O)O)c(N=Nc3cc(OCCO)c(N=Nc4cc(C(=O)O)ccc4C(=O)O)cc3OCCO)c(O)c2c1. The first kappa shape index (κ1) is 33.5. The fourth-order valence-corrected chi connectivity index (χ4v) is 4.72. The maximum Gasteiger partial charge on any atom is 0.337 e. The van der Waals surface area contributed by atoms with Gasteiger partial charge in [0.05, 0.1) is 29.2 Å². The molecule has 0 radical (unpaired) electrons. The second-order valence-corrected chi connectivity index (χ2v) is 10.7. The minimum atomic E-state index is -4.43. The maximum absolute atomic E-state index is 11.7. The quantitative estimate of drug-likeness (QED) is 0.0618. The van der Waals surface area contributed by atoms with Crippen LogP contribution in [0, 0.1) is 0 Å². The van der Waals surface area contributed by atoms with Gasteiger partial charge in [0.2, 0.25) is 0 Å². The molecule has 0 aliphatic rings. The standard InChI is InChI=1S/C28H27N5O12S/c29-16-3-1-14-10-24(46(41,42)43)25(26(36)18(14)11-16)33-32-21-13-22(44-7-5-34)20(12-23(21)45-8-6-35)31-30-19-9-15(27(37)38)2-4-17(19)28(39)40/h1-4,9-13,34-36,41-43H,5-8,29H2,(H,37,38)(H,39,40). The van der Waals surface area contributed by atoms with Crippen molar-refractivity contribution in [2.45, 2.75) is 4.90 Å². The molecule has 0 unspecified atom stereocenters. The Morgan fingerprint density at radius 2 is 1.33 bits per heavy atom. The van der Waals surface area contributed by atoms with Gasteiger partial charge in [0.15, 0.2) is 5.75 Å². The van der Waals surface area contributed by atoms with Gasteiger partial charge in [-0.15, -0.1) is 20.5 Å². The van der Waals surface area contributed by atoms with E-state index in [2.05, 4.69) is 20.5 Å². The molecule has 0 saturated heterocycles. The Labute approximate surface area is 260 Å². The molecule has 0 aliphatic heterocycles. The van der Waals surface area contributed by atoms with Gasteiger partial charge in [-0.3, -0.25) is 0 Å². The number of phenols is 1. The first-order valence-corrected chi connectivity index (χ1v) is 14.5. The van der Waals surface area contributed by atoms with Gasteiger partial charge in [0.25, 0.3) is 0 Å². The Morgan fingerprint density at radius 3 is 1.87 bits per heavy atom. The minimum Gasteiger partial charge on any atom is -0.505 e. The number of nitrogen functional groups attached to an aromatic ring is 1. The fraction of sp³-hybridized carbons (Fsp3) is 0.143. The second kappa shape index (κ2) is 14.2. The molecule has 4 rings (SSSR count). The summed E-state index contributed by atoms with van der Waals surface area (Å²) in [5, 5.41) is 64.8. The van der Waals surface area contributed by atoms with Gasteiger partial charge in [-0.25, -0.2) is 9.59 Å². The van der Waals surface area contributed by atoms with E-state index in [0.29, 0.717) is 5.39 Å². The number of aromatic carboxylic acids is 2. The lowest BCUT2D eigenvalue weighted by molar-refractivity contribution is 0.0682. The van der Waals surface area contributed by atoms with Gasteiger partial charge < -0.3 is 54.4 Å². The summed E-state index contributed by atoms with van der Waals surface area (Å²) in [6, 6.07) is 11.1. The van der Waals surface area contributed by atoms with Crippen LogP contribution in [0.1, 0.15) is 20.7 Å². The van der Waals surface area contributed by atoms with Crippen molar-refractivity contribution in [1.29, 1.82) is 0 Å². The summed E-state index contributed by atoms with van der Waals surface area (Å²) in [5.74, 6) is -3.53. The number of carbonyl (C=O) groups is 2. The van der Waals surface area contributed by atoms with Crippen molar-refractivity contribution in [2.75, 3.05) is 32.2 Å². The van der Waals surface area contributed by atoms with Crippen molar-refractivity contribution < 1.29 is 58.3 Å². The monoisotopic (exact) mass is 657 g/mol. The van der Waals surface area contributed by atoms with E-state index in [9.17, 15) is 48.8 Å². The van der Waals surface area contributed by atoms with Crippen LogP contribution in [0.25, 0.3) is 10.8 Å². The molecule has 0 saturated carbocycles. The number of aliphatic hydroxyl groups is 2. The highest BCUT2D eigenvalue weighted by molar-refractivity contribution is 8.19. The van der Waals surface area contributed by atoms with Crippen molar-refractivity contribution in [3.63, 3.8) is 0 Å². The van der Waals surface area contributed by atoms with Crippen LogP contribution in [0.4, 0.5) is 28.4 Å². The van der Waals surface area contributed by atoms with Crippen LogP contribution in [0.2, 0.25) is 0 Å². The number of nitrogens with two attached hydrogens (primary N) is 1. The van der Waals surface area contributed by atoms with E-state index >= 15 is 0 Å². The Hall–Kier alpha value is -5.37. The molecule has 4 aromatic rings. The van der Waals surface area contributed by atoms with E-state index < -0.39 is 52.4 Å². The van der Waals surface area contributed by atoms with Crippen LogP contribution >= 0.6 is 10.9 Å². The van der Waals surface area contributed by atoms with Crippen LogP contribution in [-0.2, 0) is 0 Å². The number of fused-ring (bicyclic) bond motifs is 1. The highest BCUT2D eigenvalue weighted by atomic mass is 32.3. The number of carboxylic acids is 2. The van der Waals surface area contributed by atoms with Gasteiger partial charge >= 0.3 is 11.9 Å². The number of rotatable bonds is 13. The maximum atomic E-state index is 11.7. The van der Waals surface area contributed by atoms with E-state index in [4.69, 9.17) is 15.2 Å². The number of benzene rings is 4. The van der Waals surface area contributed by atoms with Crippen molar-refractivity contribution in [2.24, 2.45) is 20.5 Å². The highest BCUT2D eigenvalue weighted by Gasteiger charge is 2.26. The largest absolute Gasteiger partial charge is 0.505 e. The average Bonchev–Trinajstić information content (AvgIpc) is 3.01. The molecule has 0 spiro atoms. The molecular weight excluding hydrogens is 630 g/mol. The number of phenolic OH excluding ortho intramolecular Hbond substituents is 1. The van der Waals surface area contributed by atoms with Crippen molar-refractivity contribution in [3.05, 3.63) is 65.7 Å². The molecule has 46 heavy (non-hydrogen) atoms. The minimum absolute atomic E-state index is 0.100. The Bertz CT molecular complexity index is 1860. The molecule has 0 heterocycles. The van der Waals surface area contributed by atoms with Crippen LogP contribution in [0.3, 0.4) is 0 Å². The van der Waals surface area contributed by atoms with Crippen LogP contribution in [0.5, 0.6) is 17.2 Å². The van der Waals surface area contributed by atoms with Crippen molar-refractivity contribution in [3.8, 4) is 17.2 Å². The summed E-state index contributed by atoms with van der Waals surface area (Å²) >= 11 is 0. The zero-order chi connectivity index (χ0) is 33.6. The second-order valence-electron chi connectivity index (χ2n) is 9.25. The van der Waals surface area contributed by atoms with Gasteiger partial charge in [-0.1, -0.05) is 6.07 Å². The zero-order valence-electron chi connectivity index (χ0n) is 23.5. The fourth-order valence-electron chi connectivity index (χ4n) is 4.04. The number of azo groups is 2. The molecule has 10 N–H and O–H groups in total. The normalized spacial score (nSPS) is 12.2. The van der Waals surface area contributed by atoms with Crippen molar-refractivity contribution >= 4 is 62.0 Å². The lowest BCUT2D eigenvalue weighted by Crippen LogP contribution is -2.04. The smallest absolute Gasteiger partial charge is 0.337 e. The number of ether oxygens (including phenoxy) is 2. The highest BCUT2D eigenvalue weighted by Crippen LogP contribution is 2.54. The molecule has 0 fully saturated rings. The number of nitrogens with zero attached hydrogens (tertiary/aromatic N) is 4. The molecule has 18 heteroatoms. The van der Waals surface area contributed by atoms with E-state index in [1.165, 1.54) is 36.4 Å². The topological polar surface area (TPSA) is 290 Å². The van der Waals surface area contributed by atoms with E-state index in [1.54, 1.807) is 0 Å². The molecule has 0 aromatic heterocycles. The summed E-state index contributed by atoms with van der Waals surface area (Å²) in [4.78, 5) is 22.6. The predicted molar refractivity (Wildman–Crippen MR) is 164 cm³/mol. The summed E-state index contributed by atoms with van der Waals surface area (Å²) < 4.78 is 41.3. The molecule has 17 nitrogen and oxygen atoms in total. The summed E-state index contributed by atoms with van der Waals surface area (Å²) in [6.07, 6.45) is 0. The number of carboxylic acid groups (broad SMARTS) is 2. The molecule has 0 aliphatic carbocycles. The van der Waals surface area contributed by atoms with Gasteiger partial charge in [0, 0.05) is 23.2 Å². The van der Waals surface area contributed by atoms with E-state index in [-0.39, 0.29) is 64.0 Å². The van der Waals surface area contributed by atoms with E-state index in [1.807, 2.05) is 0 Å². The zero-order valence-corrected chi connectivity index (χ0v) is 24.3. The third-order valence-electron chi connectivity index (χ3n) is 6.11. The van der Waals surface area contributed by atoms with Crippen LogP contribution in [-0.4, -0.2) is 77.6 Å². The average molecular weight is 658 g/mol. The van der Waals surface area contributed by atoms with Gasteiger partial charge in [-0.05, 0) is 41.8 Å². The van der Waals surface area contributed by atoms with Crippen LogP contribution in [0.15, 0.2) is 79.9 Å². The third kappa shape index (κ3) is 7.64. The lowest BCUT2D eigenvalue weighted by atomic mass is 10.1. The summed E-state index contributed by atoms with van der Waals surface area (Å²) in [7, 11) is -4.43. The summed E-state index contributed by atoms with van der Waals surface area (Å²) in [6.45, 7) is -1.40. The number of anilines is 1. The Morgan fingerprint density at radius 1 is 0.739 bits per heavy atom. The first-order chi connectivity index (χ1) is 21.8. The lowest BCUT2D eigenvalue weighted by Gasteiger charge is -2.22. The molecule has 0 atom stereocenters.